The molecule has 0 amide bonds. The molecule has 0 aromatic carbocycles. The standard InChI is InChI=1S/C11H16N4S/c1-2-11(3-4-11)7-15-10-8(9(12)16)13-5-6-14-10/h5-6H,2-4,7H2,1H3,(H2,12,16)(H,14,15). The van der Waals surface area contributed by atoms with Crippen molar-refractivity contribution in [2.24, 2.45) is 11.1 Å². The molecule has 3 N–H and O–H groups in total. The van der Waals surface area contributed by atoms with Crippen molar-refractivity contribution in [3.8, 4) is 0 Å². The number of nitrogens with zero attached hydrogens (tertiary/aromatic N) is 2. The van der Waals surface area contributed by atoms with Gasteiger partial charge in [-0.25, -0.2) is 9.97 Å². The van der Waals surface area contributed by atoms with Crippen LogP contribution in [0.4, 0.5) is 5.82 Å². The molecule has 1 fully saturated rings. The quantitative estimate of drug-likeness (QED) is 0.762. The van der Waals surface area contributed by atoms with Crippen molar-refractivity contribution in [1.82, 2.24) is 9.97 Å². The molecule has 0 saturated heterocycles. The summed E-state index contributed by atoms with van der Waals surface area (Å²) in [6.07, 6.45) is 7.03. The average molecular weight is 236 g/mol. The lowest BCUT2D eigenvalue weighted by molar-refractivity contribution is 0.520. The van der Waals surface area contributed by atoms with Gasteiger partial charge in [-0.2, -0.15) is 0 Å². The predicted molar refractivity (Wildman–Crippen MR) is 68.4 cm³/mol. The maximum Gasteiger partial charge on any atom is 0.155 e. The van der Waals surface area contributed by atoms with E-state index in [2.05, 4.69) is 22.2 Å². The van der Waals surface area contributed by atoms with E-state index in [4.69, 9.17) is 18.0 Å². The van der Waals surface area contributed by atoms with Crippen LogP contribution in [0.2, 0.25) is 0 Å². The van der Waals surface area contributed by atoms with Crippen LogP contribution in [0.25, 0.3) is 0 Å². The molecule has 2 rings (SSSR count). The van der Waals surface area contributed by atoms with Gasteiger partial charge < -0.3 is 11.1 Å². The fraction of sp³-hybridized carbons (Fsp3) is 0.545. The summed E-state index contributed by atoms with van der Waals surface area (Å²) >= 11 is 4.94. The number of nitrogens with two attached hydrogens (primary N) is 1. The molecule has 1 aliphatic carbocycles. The Morgan fingerprint density at radius 1 is 1.50 bits per heavy atom. The Balaban J connectivity index is 2.06. The van der Waals surface area contributed by atoms with Gasteiger partial charge >= 0.3 is 0 Å². The van der Waals surface area contributed by atoms with E-state index >= 15 is 0 Å². The number of anilines is 1. The number of aromatic nitrogens is 2. The Morgan fingerprint density at radius 2 is 2.19 bits per heavy atom. The fourth-order valence-corrected chi connectivity index (χ4v) is 1.90. The number of hydrogen-bond acceptors (Lipinski definition) is 4. The van der Waals surface area contributed by atoms with Crippen molar-refractivity contribution in [3.05, 3.63) is 18.1 Å². The fourth-order valence-electron chi connectivity index (χ4n) is 1.75. The Morgan fingerprint density at radius 3 is 2.75 bits per heavy atom. The van der Waals surface area contributed by atoms with Gasteiger partial charge in [0.2, 0.25) is 0 Å². The highest BCUT2D eigenvalue weighted by molar-refractivity contribution is 7.80. The minimum Gasteiger partial charge on any atom is -0.388 e. The van der Waals surface area contributed by atoms with E-state index in [9.17, 15) is 0 Å². The number of rotatable bonds is 5. The van der Waals surface area contributed by atoms with E-state index < -0.39 is 0 Å². The Kier molecular flexibility index (Phi) is 3.05. The van der Waals surface area contributed by atoms with Crippen LogP contribution in [0, 0.1) is 5.41 Å². The van der Waals surface area contributed by atoms with Gasteiger partial charge in [-0.05, 0) is 24.7 Å². The Bertz CT molecular complexity index is 401. The van der Waals surface area contributed by atoms with Crippen LogP contribution in [-0.2, 0) is 0 Å². The lowest BCUT2D eigenvalue weighted by Crippen LogP contribution is -2.20. The number of nitrogens with one attached hydrogen (secondary N) is 1. The van der Waals surface area contributed by atoms with E-state index in [1.165, 1.54) is 19.3 Å². The third-order valence-corrected chi connectivity index (χ3v) is 3.46. The van der Waals surface area contributed by atoms with Gasteiger partial charge in [0.1, 0.15) is 10.7 Å². The van der Waals surface area contributed by atoms with Crippen LogP contribution in [-0.4, -0.2) is 21.5 Å². The molecule has 16 heavy (non-hydrogen) atoms. The smallest absolute Gasteiger partial charge is 0.155 e. The maximum absolute atomic E-state index is 5.59. The van der Waals surface area contributed by atoms with E-state index in [0.29, 0.717) is 16.9 Å². The topological polar surface area (TPSA) is 63.8 Å². The second-order valence-corrected chi connectivity index (χ2v) is 4.76. The second-order valence-electron chi connectivity index (χ2n) is 4.32. The molecule has 1 heterocycles. The molecule has 5 heteroatoms. The highest BCUT2D eigenvalue weighted by Gasteiger charge is 2.40. The SMILES string of the molecule is CCC1(CNc2nccnc2C(N)=S)CC1. The zero-order valence-electron chi connectivity index (χ0n) is 9.36. The third-order valence-electron chi connectivity index (χ3n) is 3.27. The van der Waals surface area contributed by atoms with Crippen molar-refractivity contribution >= 4 is 23.0 Å². The molecule has 1 aromatic rings. The van der Waals surface area contributed by atoms with Gasteiger partial charge in [-0.1, -0.05) is 19.1 Å². The van der Waals surface area contributed by atoms with Gasteiger partial charge in [0.25, 0.3) is 0 Å². The van der Waals surface area contributed by atoms with Crippen molar-refractivity contribution < 1.29 is 0 Å². The van der Waals surface area contributed by atoms with E-state index in [0.717, 1.165) is 6.54 Å². The highest BCUT2D eigenvalue weighted by atomic mass is 32.1. The monoisotopic (exact) mass is 236 g/mol. The summed E-state index contributed by atoms with van der Waals surface area (Å²) in [4.78, 5) is 8.65. The first-order chi connectivity index (χ1) is 7.67. The van der Waals surface area contributed by atoms with Gasteiger partial charge in [-0.15, -0.1) is 0 Å². The molecule has 1 aliphatic rings. The molecular weight excluding hydrogens is 220 g/mol. The molecule has 1 aromatic heterocycles. The molecule has 4 nitrogen and oxygen atoms in total. The van der Waals surface area contributed by atoms with Gasteiger partial charge in [0.05, 0.1) is 0 Å². The zero-order chi connectivity index (χ0) is 11.6. The minimum absolute atomic E-state index is 0.289. The Labute approximate surface area is 101 Å². The number of thiocarbonyl (C=S) groups is 1. The summed E-state index contributed by atoms with van der Waals surface area (Å²) in [5.41, 5.74) is 6.64. The van der Waals surface area contributed by atoms with Crippen LogP contribution in [0.5, 0.6) is 0 Å². The summed E-state index contributed by atoms with van der Waals surface area (Å²) in [7, 11) is 0. The van der Waals surface area contributed by atoms with Crippen molar-refractivity contribution in [2.75, 3.05) is 11.9 Å². The molecule has 0 bridgehead atoms. The highest BCUT2D eigenvalue weighted by Crippen LogP contribution is 2.48. The van der Waals surface area contributed by atoms with Gasteiger partial charge in [0.15, 0.2) is 5.82 Å². The first-order valence-electron chi connectivity index (χ1n) is 5.51. The summed E-state index contributed by atoms with van der Waals surface area (Å²) in [5.74, 6) is 0.703. The first-order valence-corrected chi connectivity index (χ1v) is 5.92. The second kappa shape index (κ2) is 4.33. The van der Waals surface area contributed by atoms with Crippen molar-refractivity contribution in [3.63, 3.8) is 0 Å². The summed E-state index contributed by atoms with van der Waals surface area (Å²) in [6.45, 7) is 3.15. The maximum atomic E-state index is 5.59. The average Bonchev–Trinajstić information content (AvgIpc) is 3.07. The lowest BCUT2D eigenvalue weighted by atomic mass is 10.0. The molecule has 86 valence electrons. The van der Waals surface area contributed by atoms with E-state index in [1.54, 1.807) is 12.4 Å². The Hall–Kier alpha value is -1.23. The third kappa shape index (κ3) is 2.29. The van der Waals surface area contributed by atoms with Crippen LogP contribution in [0.15, 0.2) is 12.4 Å². The normalized spacial score (nSPS) is 16.8. The number of hydrogen-bond donors (Lipinski definition) is 2. The molecular formula is C11H16N4S. The zero-order valence-corrected chi connectivity index (χ0v) is 10.2. The van der Waals surface area contributed by atoms with Crippen LogP contribution in [0.1, 0.15) is 31.9 Å². The van der Waals surface area contributed by atoms with E-state index in [-0.39, 0.29) is 4.99 Å². The van der Waals surface area contributed by atoms with Crippen LogP contribution >= 0.6 is 12.2 Å². The van der Waals surface area contributed by atoms with Crippen molar-refractivity contribution in [2.45, 2.75) is 26.2 Å². The van der Waals surface area contributed by atoms with Crippen LogP contribution < -0.4 is 11.1 Å². The molecule has 0 unspecified atom stereocenters. The molecule has 0 atom stereocenters. The molecule has 0 radical (unpaired) electrons. The molecule has 0 spiro atoms. The largest absolute Gasteiger partial charge is 0.388 e. The van der Waals surface area contributed by atoms with E-state index in [1.807, 2.05) is 0 Å². The van der Waals surface area contributed by atoms with Crippen molar-refractivity contribution in [1.29, 1.82) is 0 Å². The summed E-state index contributed by atoms with van der Waals surface area (Å²) in [6, 6.07) is 0. The van der Waals surface area contributed by atoms with Crippen LogP contribution in [0.3, 0.4) is 0 Å². The lowest BCUT2D eigenvalue weighted by Gasteiger charge is -2.15. The predicted octanol–water partition coefficient (Wildman–Crippen LogP) is 1.71. The summed E-state index contributed by atoms with van der Waals surface area (Å²) in [5, 5.41) is 3.31. The first kappa shape index (κ1) is 11.3. The van der Waals surface area contributed by atoms with Gasteiger partial charge in [0, 0.05) is 18.9 Å². The summed E-state index contributed by atoms with van der Waals surface area (Å²) < 4.78 is 0. The van der Waals surface area contributed by atoms with Gasteiger partial charge in [-0.3, -0.25) is 0 Å². The minimum atomic E-state index is 0.289. The molecule has 1 saturated carbocycles. The molecule has 0 aliphatic heterocycles.